The second-order valence-corrected chi connectivity index (χ2v) is 8.24. The third kappa shape index (κ3) is 7.41. The highest BCUT2D eigenvalue weighted by molar-refractivity contribution is 6.39. The van der Waals surface area contributed by atoms with Crippen LogP contribution in [0.2, 0.25) is 5.02 Å². The molecule has 3 aromatic carbocycles. The van der Waals surface area contributed by atoms with Gasteiger partial charge in [0.05, 0.1) is 6.21 Å². The highest BCUT2D eigenvalue weighted by Gasteiger charge is 2.14. The monoisotopic (exact) mass is 492 g/mol. The Hall–Kier alpha value is -4.17. The van der Waals surface area contributed by atoms with E-state index in [4.69, 9.17) is 16.3 Å². The Morgan fingerprint density at radius 1 is 0.886 bits per heavy atom. The summed E-state index contributed by atoms with van der Waals surface area (Å²) in [7, 11) is 0. The van der Waals surface area contributed by atoms with Crippen molar-refractivity contribution >= 4 is 46.9 Å². The van der Waals surface area contributed by atoms with E-state index in [1.54, 1.807) is 30.3 Å². The maximum Gasteiger partial charge on any atom is 0.329 e. The molecule has 0 aliphatic heterocycles. The molecule has 3 amide bonds. The average Bonchev–Trinajstić information content (AvgIpc) is 2.82. The molecule has 35 heavy (non-hydrogen) atoms. The number of ether oxygens (including phenoxy) is 1. The number of halogens is 1. The fourth-order valence-corrected chi connectivity index (χ4v) is 3.24. The quantitative estimate of drug-likeness (QED) is 0.258. The van der Waals surface area contributed by atoms with Gasteiger partial charge < -0.3 is 15.4 Å². The van der Waals surface area contributed by atoms with E-state index in [9.17, 15) is 14.4 Å². The zero-order valence-electron chi connectivity index (χ0n) is 19.5. The molecule has 8 nitrogen and oxygen atoms in total. The molecular weight excluding hydrogens is 468 g/mol. The first-order valence-corrected chi connectivity index (χ1v) is 11.1. The molecule has 0 unspecified atom stereocenters. The summed E-state index contributed by atoms with van der Waals surface area (Å²) in [6.07, 6.45) is 1.28. The lowest BCUT2D eigenvalue weighted by atomic mass is 10.1. The third-order valence-corrected chi connectivity index (χ3v) is 5.20. The van der Waals surface area contributed by atoms with Gasteiger partial charge in [-0.05, 0) is 67.8 Å². The fourth-order valence-electron chi connectivity index (χ4n) is 3.06. The number of hydrazone groups is 1. The Morgan fingerprint density at radius 3 is 2.40 bits per heavy atom. The van der Waals surface area contributed by atoms with Gasteiger partial charge in [-0.1, -0.05) is 41.9 Å². The van der Waals surface area contributed by atoms with E-state index < -0.39 is 11.8 Å². The molecule has 0 heterocycles. The first-order valence-electron chi connectivity index (χ1n) is 10.7. The summed E-state index contributed by atoms with van der Waals surface area (Å²) in [5.41, 5.74) is 6.60. The highest BCUT2D eigenvalue weighted by Crippen LogP contribution is 2.22. The minimum atomic E-state index is -0.943. The predicted molar refractivity (Wildman–Crippen MR) is 137 cm³/mol. The molecule has 0 aliphatic rings. The summed E-state index contributed by atoms with van der Waals surface area (Å²) in [6, 6.07) is 17.6. The number of para-hydroxylation sites is 1. The number of hydrogen-bond donors (Lipinski definition) is 3. The number of anilines is 2. The summed E-state index contributed by atoms with van der Waals surface area (Å²) in [5.74, 6) is -1.81. The zero-order chi connectivity index (χ0) is 25.4. The summed E-state index contributed by atoms with van der Waals surface area (Å²) in [5, 5.41) is 9.57. The first-order chi connectivity index (χ1) is 16.7. The first kappa shape index (κ1) is 25.5. The van der Waals surface area contributed by atoms with Crippen LogP contribution in [-0.4, -0.2) is 30.5 Å². The molecule has 0 saturated heterocycles. The van der Waals surface area contributed by atoms with Crippen molar-refractivity contribution in [2.24, 2.45) is 5.10 Å². The number of rotatable bonds is 7. The van der Waals surface area contributed by atoms with Crippen molar-refractivity contribution in [3.05, 3.63) is 87.9 Å². The van der Waals surface area contributed by atoms with E-state index in [2.05, 4.69) is 21.2 Å². The predicted octanol–water partition coefficient (Wildman–Crippen LogP) is 4.37. The summed E-state index contributed by atoms with van der Waals surface area (Å²) in [4.78, 5) is 36.6. The van der Waals surface area contributed by atoms with Gasteiger partial charge in [-0.25, -0.2) is 5.43 Å². The Labute approximate surface area is 208 Å². The van der Waals surface area contributed by atoms with Gasteiger partial charge >= 0.3 is 11.8 Å². The van der Waals surface area contributed by atoms with Crippen molar-refractivity contribution in [3.63, 3.8) is 0 Å². The topological polar surface area (TPSA) is 109 Å². The third-order valence-electron chi connectivity index (χ3n) is 4.97. The number of amides is 3. The molecule has 0 aromatic heterocycles. The van der Waals surface area contributed by atoms with Crippen LogP contribution in [0.15, 0.2) is 65.8 Å². The van der Waals surface area contributed by atoms with Crippen LogP contribution in [0.3, 0.4) is 0 Å². The minimum Gasteiger partial charge on any atom is -0.483 e. The fraction of sp³-hybridized carbons (Fsp3) is 0.154. The summed E-state index contributed by atoms with van der Waals surface area (Å²) in [6.45, 7) is 5.41. The van der Waals surface area contributed by atoms with Crippen LogP contribution < -0.4 is 20.8 Å². The van der Waals surface area contributed by atoms with Crippen LogP contribution >= 0.6 is 11.6 Å². The van der Waals surface area contributed by atoms with Crippen molar-refractivity contribution in [3.8, 4) is 5.75 Å². The van der Waals surface area contributed by atoms with Crippen LogP contribution in [0.1, 0.15) is 22.3 Å². The highest BCUT2D eigenvalue weighted by atomic mass is 35.5. The van der Waals surface area contributed by atoms with Crippen molar-refractivity contribution < 1.29 is 19.1 Å². The second kappa shape index (κ2) is 11.8. The van der Waals surface area contributed by atoms with Crippen molar-refractivity contribution in [1.82, 2.24) is 5.43 Å². The summed E-state index contributed by atoms with van der Waals surface area (Å²) < 4.78 is 5.64. The van der Waals surface area contributed by atoms with Crippen LogP contribution in [-0.2, 0) is 14.4 Å². The number of carbonyl (C=O) groups excluding carboxylic acids is 3. The molecule has 0 radical (unpaired) electrons. The van der Waals surface area contributed by atoms with Gasteiger partial charge in [-0.15, -0.1) is 0 Å². The van der Waals surface area contributed by atoms with Gasteiger partial charge in [-0.3, -0.25) is 14.4 Å². The van der Waals surface area contributed by atoms with Gasteiger partial charge in [0.25, 0.3) is 5.91 Å². The number of nitrogens with one attached hydrogen (secondary N) is 3. The number of hydrogen-bond acceptors (Lipinski definition) is 5. The molecule has 0 spiro atoms. The molecule has 0 atom stereocenters. The van der Waals surface area contributed by atoms with Crippen molar-refractivity contribution in [2.75, 3.05) is 17.2 Å². The van der Waals surface area contributed by atoms with E-state index in [-0.39, 0.29) is 12.5 Å². The smallest absolute Gasteiger partial charge is 0.329 e. The van der Waals surface area contributed by atoms with E-state index in [0.717, 1.165) is 16.7 Å². The van der Waals surface area contributed by atoms with Gasteiger partial charge in [0.1, 0.15) is 5.75 Å². The van der Waals surface area contributed by atoms with Gasteiger partial charge in [-0.2, -0.15) is 5.10 Å². The molecule has 0 fully saturated rings. The second-order valence-electron chi connectivity index (χ2n) is 7.81. The molecule has 0 saturated carbocycles. The maximum atomic E-state index is 12.4. The lowest BCUT2D eigenvalue weighted by molar-refractivity contribution is -0.136. The number of benzene rings is 3. The van der Waals surface area contributed by atoms with Crippen molar-refractivity contribution in [2.45, 2.75) is 20.8 Å². The Kier molecular flexibility index (Phi) is 8.58. The Bertz CT molecular complexity index is 1290. The molecule has 3 aromatic rings. The van der Waals surface area contributed by atoms with Gasteiger partial charge in [0, 0.05) is 22.0 Å². The molecule has 3 N–H and O–H groups in total. The SMILES string of the molecule is Cc1ccc(C)c(NC(=O)COc2ccc(Cl)cc2/C=N\NC(=O)C(=O)Nc2ccccc2C)c1. The zero-order valence-corrected chi connectivity index (χ0v) is 20.3. The average molecular weight is 493 g/mol. The number of carbonyl (C=O) groups is 3. The lowest BCUT2D eigenvalue weighted by Gasteiger charge is -2.12. The molecule has 0 bridgehead atoms. The van der Waals surface area contributed by atoms with E-state index in [1.165, 1.54) is 6.21 Å². The van der Waals surface area contributed by atoms with Crippen LogP contribution in [0.25, 0.3) is 0 Å². The standard InChI is InChI=1S/C26H25ClN4O4/c1-16-8-9-18(3)22(12-16)29-24(32)15-35-23-11-10-20(27)13-19(23)14-28-31-26(34)25(33)30-21-7-5-4-6-17(21)2/h4-14H,15H2,1-3H3,(H,29,32)(H,30,33)(H,31,34)/b28-14-. The Balaban J connectivity index is 1.60. The lowest BCUT2D eigenvalue weighted by Crippen LogP contribution is -2.32. The number of aryl methyl sites for hydroxylation is 3. The molecule has 180 valence electrons. The van der Waals surface area contributed by atoms with Crippen LogP contribution in [0.4, 0.5) is 11.4 Å². The minimum absolute atomic E-state index is 0.249. The normalized spacial score (nSPS) is 10.6. The molecule has 0 aliphatic carbocycles. The van der Waals surface area contributed by atoms with E-state index >= 15 is 0 Å². The van der Waals surface area contributed by atoms with Crippen molar-refractivity contribution in [1.29, 1.82) is 0 Å². The molecular formula is C26H25ClN4O4. The van der Waals surface area contributed by atoms with Gasteiger partial charge in [0.15, 0.2) is 6.61 Å². The van der Waals surface area contributed by atoms with Gasteiger partial charge in [0.2, 0.25) is 0 Å². The largest absolute Gasteiger partial charge is 0.483 e. The number of nitrogens with zero attached hydrogens (tertiary/aromatic N) is 1. The van der Waals surface area contributed by atoms with Crippen LogP contribution in [0.5, 0.6) is 5.75 Å². The van der Waals surface area contributed by atoms with Crippen LogP contribution in [0, 0.1) is 20.8 Å². The molecule has 3 rings (SSSR count). The van der Waals surface area contributed by atoms with E-state index in [1.807, 2.05) is 51.1 Å². The maximum absolute atomic E-state index is 12.4. The summed E-state index contributed by atoms with van der Waals surface area (Å²) >= 11 is 6.07. The molecule has 9 heteroatoms. The van der Waals surface area contributed by atoms with E-state index in [0.29, 0.717) is 27.7 Å². The Morgan fingerprint density at radius 2 is 1.63 bits per heavy atom.